The Hall–Kier alpha value is -7.35. The van der Waals surface area contributed by atoms with Crippen molar-refractivity contribution >= 4 is 102 Å². The molecule has 22 heteroatoms. The Morgan fingerprint density at radius 3 is 2.63 bits per heavy atom. The van der Waals surface area contributed by atoms with Gasteiger partial charge in [0.25, 0.3) is 5.91 Å². The number of hydrogen-bond acceptors (Lipinski definition) is 16. The largest absolute Gasteiger partial charge is 0.461 e. The van der Waals surface area contributed by atoms with Crippen molar-refractivity contribution in [3.63, 3.8) is 0 Å². The van der Waals surface area contributed by atoms with E-state index in [9.17, 15) is 24.8 Å². The third-order valence-corrected chi connectivity index (χ3v) is 17.1. The first-order valence-corrected chi connectivity index (χ1v) is 26.0. The van der Waals surface area contributed by atoms with Gasteiger partial charge in [-0.2, -0.15) is 15.2 Å². The van der Waals surface area contributed by atoms with Gasteiger partial charge >= 0.3 is 18.1 Å². The van der Waals surface area contributed by atoms with E-state index in [1.165, 1.54) is 12.1 Å². The Morgan fingerprint density at radius 2 is 1.87 bits per heavy atom. The van der Waals surface area contributed by atoms with Gasteiger partial charge in [-0.3, -0.25) is 15.0 Å². The lowest BCUT2D eigenvalue weighted by Gasteiger charge is -2.36. The summed E-state index contributed by atoms with van der Waals surface area (Å²) < 4.78 is 52.1. The molecule has 2 unspecified atom stereocenters. The molecule has 12 rings (SSSR count). The first kappa shape index (κ1) is 48.6. The average molecular weight is 1070 g/mol. The summed E-state index contributed by atoms with van der Waals surface area (Å²) in [5.74, 6) is -2.22. The molecule has 0 spiro atoms. The van der Waals surface area contributed by atoms with Crippen LogP contribution in [0.3, 0.4) is 0 Å². The van der Waals surface area contributed by atoms with Gasteiger partial charge in [0.15, 0.2) is 11.9 Å². The van der Waals surface area contributed by atoms with E-state index in [2.05, 4.69) is 21.8 Å². The molecule has 5 aliphatic rings. The standard InChI is InChI=1S/C53H45ClF2N10O7S2/c1-25(26(2)73-52(70)59-29-5-8-37-27(18-29)17-28-22-66-38(42(28)60-37)20-31-34(49(66)74)23-71-50(69)44(31)67)48(68)64-15-13-63(14-16-64)47-32-19-35(54)40(30-6-7-36(55)45-39(30)33(21-57)46(58)75-45)41(56)43(32)61-51(62-47)72-24-53-9-3-11-65(53)12-4-10-53/h5-8,17-20,26,44,67H,1,3-4,9-16,22-24,58H2,2H3,(H,59,70). The third-order valence-electron chi connectivity index (χ3n) is 15.3. The molecule has 2 amide bonds. The summed E-state index contributed by atoms with van der Waals surface area (Å²) in [6.07, 6.45) is 0.751. The van der Waals surface area contributed by atoms with Crippen LogP contribution in [0.1, 0.15) is 61.0 Å². The number of piperazine rings is 1. The second-order valence-corrected chi connectivity index (χ2v) is 21.3. The number of rotatable bonds is 9. The van der Waals surface area contributed by atoms with Crippen LogP contribution < -0.4 is 20.7 Å². The number of thiophene rings is 1. The summed E-state index contributed by atoms with van der Waals surface area (Å²) in [5.41, 5.74) is 10.3. The number of carbonyl (C=O) groups is 3. The molecule has 9 heterocycles. The van der Waals surface area contributed by atoms with Crippen molar-refractivity contribution in [2.24, 2.45) is 0 Å². The number of nitrogen functional groups attached to an aromatic ring is 1. The molecule has 3 saturated heterocycles. The number of halogens is 3. The fraction of sp³-hybridized carbons (Fsp3) is 0.321. The van der Waals surface area contributed by atoms with Gasteiger partial charge in [0.05, 0.1) is 49.8 Å². The van der Waals surface area contributed by atoms with Gasteiger partial charge in [-0.25, -0.2) is 23.4 Å². The number of cyclic esters (lactones) is 1. The number of aliphatic hydroxyl groups is 1. The topological polar surface area (TPSA) is 214 Å². The Bertz CT molecular complexity index is 3770. The summed E-state index contributed by atoms with van der Waals surface area (Å²) in [6.45, 7) is 9.16. The first-order valence-electron chi connectivity index (χ1n) is 24.4. The molecule has 3 aromatic carbocycles. The first-order chi connectivity index (χ1) is 36.1. The molecule has 17 nitrogen and oxygen atoms in total. The molecule has 3 fully saturated rings. The van der Waals surface area contributed by atoms with E-state index in [1.807, 2.05) is 21.6 Å². The minimum atomic E-state index is -1.43. The van der Waals surface area contributed by atoms with E-state index in [4.69, 9.17) is 53.7 Å². The Balaban J connectivity index is 0.747. The van der Waals surface area contributed by atoms with E-state index in [0.29, 0.717) is 57.3 Å². The number of pyridine rings is 2. The number of nitrogens with one attached hydrogen (secondary N) is 1. The van der Waals surface area contributed by atoms with Crippen LogP contribution in [0.25, 0.3) is 54.4 Å². The van der Waals surface area contributed by atoms with Gasteiger partial charge in [0.1, 0.15) is 52.2 Å². The molecule has 0 aliphatic carbocycles. The second kappa shape index (κ2) is 18.5. The summed E-state index contributed by atoms with van der Waals surface area (Å²) in [5, 5.41) is 24.5. The molecular weight excluding hydrogens is 1030 g/mol. The number of nitriles is 1. The molecule has 382 valence electrons. The Morgan fingerprint density at radius 1 is 1.09 bits per heavy atom. The summed E-state index contributed by atoms with van der Waals surface area (Å²) in [7, 11) is 0. The molecule has 7 aromatic rings. The van der Waals surface area contributed by atoms with Gasteiger partial charge in [0.2, 0.25) is 0 Å². The second-order valence-electron chi connectivity index (χ2n) is 19.5. The number of benzene rings is 3. The minimum Gasteiger partial charge on any atom is -0.461 e. The fourth-order valence-electron chi connectivity index (χ4n) is 11.4. The van der Waals surface area contributed by atoms with Crippen molar-refractivity contribution in [3.05, 3.63) is 104 Å². The number of esters is 1. The molecule has 4 N–H and O–H groups in total. The number of aromatic nitrogens is 4. The van der Waals surface area contributed by atoms with Crippen LogP contribution in [0.2, 0.25) is 5.02 Å². The van der Waals surface area contributed by atoms with E-state index in [-0.39, 0.29) is 97.6 Å². The van der Waals surface area contributed by atoms with Crippen LogP contribution in [0.15, 0.2) is 60.7 Å². The maximum Gasteiger partial charge on any atom is 0.412 e. The number of ether oxygens (including phenoxy) is 3. The van der Waals surface area contributed by atoms with Crippen LogP contribution >= 0.6 is 35.2 Å². The van der Waals surface area contributed by atoms with Crippen molar-refractivity contribution in [2.45, 2.75) is 63.5 Å². The number of carbonyl (C=O) groups excluding carboxylic acids is 3. The van der Waals surface area contributed by atoms with Gasteiger partial charge < -0.3 is 39.4 Å². The molecule has 0 bridgehead atoms. The zero-order valence-corrected chi connectivity index (χ0v) is 42.6. The highest BCUT2D eigenvalue weighted by Gasteiger charge is 2.45. The van der Waals surface area contributed by atoms with Crippen LogP contribution in [0, 0.1) is 27.6 Å². The average Bonchev–Trinajstić information content (AvgIpc) is 4.20. The lowest BCUT2D eigenvalue weighted by molar-refractivity contribution is -0.157. The fourth-order valence-corrected chi connectivity index (χ4v) is 13.0. The molecule has 5 aliphatic heterocycles. The van der Waals surface area contributed by atoms with Gasteiger partial charge in [0, 0.05) is 70.3 Å². The maximum atomic E-state index is 17.3. The Labute approximate surface area is 440 Å². The predicted octanol–water partition coefficient (Wildman–Crippen LogP) is 8.94. The SMILES string of the molecule is C=C(C(=O)N1CCN(c2nc(OCC34CCCN3CCC4)nc3c(F)c(-c4ccc(F)c5sc(N)c(C#N)c45)c(Cl)cc23)CC1)C(C)OC(=O)Nc1ccc2nc3c(cc2c1)Cn1c-3cc2c(c1=S)COC(=O)C2O. The number of nitrogens with zero attached hydrogens (tertiary/aromatic N) is 8. The molecule has 0 radical (unpaired) electrons. The zero-order chi connectivity index (χ0) is 52.2. The van der Waals surface area contributed by atoms with Crippen molar-refractivity contribution in [1.82, 2.24) is 29.3 Å². The molecule has 4 aromatic heterocycles. The smallest absolute Gasteiger partial charge is 0.412 e. The van der Waals surface area contributed by atoms with E-state index >= 15 is 8.78 Å². The number of nitrogens with two attached hydrogens (primary N) is 1. The normalized spacial score (nSPS) is 18.1. The maximum absolute atomic E-state index is 17.3. The van der Waals surface area contributed by atoms with Gasteiger partial charge in [-0.1, -0.05) is 36.5 Å². The highest BCUT2D eigenvalue weighted by Crippen LogP contribution is 2.47. The molecular formula is C53H45ClF2N10O7S2. The van der Waals surface area contributed by atoms with Crippen molar-refractivity contribution < 1.29 is 42.5 Å². The number of fused-ring (bicyclic) bond motifs is 8. The monoisotopic (exact) mass is 1070 g/mol. The zero-order valence-electron chi connectivity index (χ0n) is 40.2. The molecule has 2 atom stereocenters. The van der Waals surface area contributed by atoms with Crippen LogP contribution in [-0.2, 0) is 32.2 Å². The summed E-state index contributed by atoms with van der Waals surface area (Å²) in [6, 6.07) is 15.0. The molecule has 0 saturated carbocycles. The minimum absolute atomic E-state index is 0.0200. The summed E-state index contributed by atoms with van der Waals surface area (Å²) >= 11 is 13.6. The van der Waals surface area contributed by atoms with E-state index < -0.39 is 41.8 Å². The van der Waals surface area contributed by atoms with Crippen LogP contribution in [-0.4, -0.2) is 110 Å². The quantitative estimate of drug-likeness (QED) is 0.0699. The van der Waals surface area contributed by atoms with Gasteiger partial charge in [-0.15, -0.1) is 11.3 Å². The van der Waals surface area contributed by atoms with E-state index in [0.717, 1.165) is 61.1 Å². The Kier molecular flexibility index (Phi) is 12.0. The van der Waals surface area contributed by atoms with Crippen molar-refractivity contribution in [3.8, 4) is 34.6 Å². The number of hydrogen-bond donors (Lipinski definition) is 3. The van der Waals surface area contributed by atoms with Crippen molar-refractivity contribution in [1.29, 1.82) is 5.26 Å². The predicted molar refractivity (Wildman–Crippen MR) is 280 cm³/mol. The highest BCUT2D eigenvalue weighted by atomic mass is 35.5. The number of amides is 2. The number of anilines is 3. The highest BCUT2D eigenvalue weighted by molar-refractivity contribution is 7.71. The lowest BCUT2D eigenvalue weighted by Crippen LogP contribution is -2.50. The van der Waals surface area contributed by atoms with Crippen LogP contribution in [0.5, 0.6) is 6.01 Å². The van der Waals surface area contributed by atoms with Crippen molar-refractivity contribution in [2.75, 3.05) is 61.8 Å². The van der Waals surface area contributed by atoms with E-state index in [1.54, 1.807) is 42.2 Å². The number of aliphatic hydroxyl groups excluding tert-OH is 1. The summed E-state index contributed by atoms with van der Waals surface area (Å²) in [4.78, 5) is 59.6. The lowest BCUT2D eigenvalue weighted by atomic mass is 9.95. The molecule has 75 heavy (non-hydrogen) atoms. The van der Waals surface area contributed by atoms with Gasteiger partial charge in [-0.05, 0) is 93.7 Å². The third kappa shape index (κ3) is 8.08. The van der Waals surface area contributed by atoms with Crippen LogP contribution in [0.4, 0.5) is 30.1 Å².